The topological polar surface area (TPSA) is 80.7 Å². The number of benzene rings is 1. The molecule has 2 unspecified atom stereocenters. The molecule has 92 valence electrons. The van der Waals surface area contributed by atoms with Crippen LogP contribution in [0.1, 0.15) is 13.8 Å². The molecule has 17 heavy (non-hydrogen) atoms. The molecule has 0 fully saturated rings. The van der Waals surface area contributed by atoms with Gasteiger partial charge in [-0.05, 0) is 26.0 Å². The molecular weight excluding hydrogens is 222 g/mol. The number of nitrogens with zero attached hydrogens (tertiary/aromatic N) is 1. The Morgan fingerprint density at radius 2 is 1.71 bits per heavy atom. The minimum atomic E-state index is -1.30. The minimum Gasteiger partial charge on any atom is -0.548 e. The van der Waals surface area contributed by atoms with Crippen LogP contribution in [0.4, 0.5) is 5.69 Å². The summed E-state index contributed by atoms with van der Waals surface area (Å²) in [5, 5.41) is 19.9. The fraction of sp³-hybridized carbons (Fsp3) is 0.333. The van der Waals surface area contributed by atoms with Crippen LogP contribution >= 0.6 is 0 Å². The summed E-state index contributed by atoms with van der Waals surface area (Å²) < 4.78 is 0. The van der Waals surface area contributed by atoms with E-state index in [4.69, 9.17) is 5.11 Å². The van der Waals surface area contributed by atoms with Gasteiger partial charge in [-0.25, -0.2) is 4.79 Å². The van der Waals surface area contributed by atoms with E-state index in [1.807, 2.05) is 0 Å². The third-order valence-electron chi connectivity index (χ3n) is 2.59. The molecular formula is C12H14NO4-. The second kappa shape index (κ2) is 5.34. The van der Waals surface area contributed by atoms with E-state index in [0.29, 0.717) is 5.69 Å². The lowest BCUT2D eigenvalue weighted by atomic mass is 10.1. The lowest BCUT2D eigenvalue weighted by Gasteiger charge is -2.35. The SMILES string of the molecule is CC(C(=O)[O-])N(c1ccccc1)C(C)C(=O)O. The summed E-state index contributed by atoms with van der Waals surface area (Å²) in [6.45, 7) is 2.84. The van der Waals surface area contributed by atoms with E-state index in [9.17, 15) is 14.7 Å². The Hall–Kier alpha value is -2.04. The standard InChI is InChI=1S/C12H15NO4/c1-8(11(14)15)13(9(2)12(16)17)10-6-4-3-5-7-10/h3-9H,1-2H3,(H,14,15)(H,16,17)/p-1. The average Bonchev–Trinajstić information content (AvgIpc) is 2.30. The van der Waals surface area contributed by atoms with Crippen LogP contribution in [0, 0.1) is 0 Å². The van der Waals surface area contributed by atoms with Gasteiger partial charge in [0.15, 0.2) is 0 Å². The van der Waals surface area contributed by atoms with Gasteiger partial charge in [-0.2, -0.15) is 0 Å². The summed E-state index contributed by atoms with van der Waals surface area (Å²) in [4.78, 5) is 23.2. The van der Waals surface area contributed by atoms with Crippen LogP contribution in [-0.4, -0.2) is 29.1 Å². The highest BCUT2D eigenvalue weighted by molar-refractivity contribution is 5.83. The smallest absolute Gasteiger partial charge is 0.326 e. The highest BCUT2D eigenvalue weighted by atomic mass is 16.4. The fourth-order valence-corrected chi connectivity index (χ4v) is 1.62. The monoisotopic (exact) mass is 236 g/mol. The molecule has 5 nitrogen and oxygen atoms in total. The minimum absolute atomic E-state index is 0.541. The van der Waals surface area contributed by atoms with Crippen molar-refractivity contribution in [3.05, 3.63) is 30.3 Å². The molecule has 0 aliphatic heterocycles. The van der Waals surface area contributed by atoms with Crippen molar-refractivity contribution in [1.29, 1.82) is 0 Å². The zero-order valence-corrected chi connectivity index (χ0v) is 9.66. The van der Waals surface area contributed by atoms with Gasteiger partial charge in [-0.15, -0.1) is 0 Å². The first kappa shape index (κ1) is 13.0. The molecule has 0 saturated heterocycles. The quantitative estimate of drug-likeness (QED) is 0.784. The number of carbonyl (C=O) groups is 2. The first-order chi connectivity index (χ1) is 7.95. The van der Waals surface area contributed by atoms with E-state index in [1.54, 1.807) is 30.3 Å². The molecule has 0 aliphatic carbocycles. The van der Waals surface area contributed by atoms with E-state index >= 15 is 0 Å². The molecule has 0 amide bonds. The van der Waals surface area contributed by atoms with Crippen LogP contribution in [0.3, 0.4) is 0 Å². The van der Waals surface area contributed by atoms with Crippen LogP contribution in [0.5, 0.6) is 0 Å². The largest absolute Gasteiger partial charge is 0.548 e. The Bertz CT molecular complexity index is 384. The third kappa shape index (κ3) is 2.96. The number of rotatable bonds is 5. The molecule has 1 rings (SSSR count). The normalized spacial score (nSPS) is 13.8. The maximum absolute atomic E-state index is 11.0. The van der Waals surface area contributed by atoms with Gasteiger partial charge in [0, 0.05) is 5.69 Å². The molecule has 0 heterocycles. The zero-order valence-electron chi connectivity index (χ0n) is 9.66. The van der Waals surface area contributed by atoms with Crippen LogP contribution in [-0.2, 0) is 9.59 Å². The van der Waals surface area contributed by atoms with E-state index in [0.717, 1.165) is 0 Å². The predicted octanol–water partition coefficient (Wildman–Crippen LogP) is 0.104. The summed E-state index contributed by atoms with van der Waals surface area (Å²) in [7, 11) is 0. The second-order valence-corrected chi connectivity index (χ2v) is 3.75. The van der Waals surface area contributed by atoms with Gasteiger partial charge in [0.1, 0.15) is 6.04 Å². The molecule has 1 aromatic carbocycles. The van der Waals surface area contributed by atoms with Gasteiger partial charge in [0.25, 0.3) is 0 Å². The van der Waals surface area contributed by atoms with Crippen molar-refractivity contribution < 1.29 is 19.8 Å². The number of carboxylic acid groups (broad SMARTS) is 2. The maximum atomic E-state index is 11.0. The van der Waals surface area contributed by atoms with Crippen LogP contribution in [0.15, 0.2) is 30.3 Å². The zero-order chi connectivity index (χ0) is 13.0. The van der Waals surface area contributed by atoms with Gasteiger partial charge in [0.05, 0.1) is 12.0 Å². The van der Waals surface area contributed by atoms with E-state index in [-0.39, 0.29) is 0 Å². The Morgan fingerprint density at radius 1 is 1.18 bits per heavy atom. The number of hydrogen-bond acceptors (Lipinski definition) is 4. The second-order valence-electron chi connectivity index (χ2n) is 3.75. The summed E-state index contributed by atoms with van der Waals surface area (Å²) in [6.07, 6.45) is 0. The molecule has 2 atom stereocenters. The molecule has 5 heteroatoms. The Kier molecular flexibility index (Phi) is 4.09. The van der Waals surface area contributed by atoms with Crippen molar-refractivity contribution in [1.82, 2.24) is 0 Å². The number of carboxylic acids is 2. The molecule has 0 aromatic heterocycles. The van der Waals surface area contributed by atoms with Gasteiger partial charge in [-0.3, -0.25) is 0 Å². The van der Waals surface area contributed by atoms with Gasteiger partial charge in [0.2, 0.25) is 0 Å². The number of hydrogen-bond donors (Lipinski definition) is 1. The molecule has 0 saturated carbocycles. The number of carbonyl (C=O) groups excluding carboxylic acids is 1. The highest BCUT2D eigenvalue weighted by Crippen LogP contribution is 2.19. The molecule has 0 bridgehead atoms. The first-order valence-corrected chi connectivity index (χ1v) is 5.22. The lowest BCUT2D eigenvalue weighted by Crippen LogP contribution is -2.52. The fourth-order valence-electron chi connectivity index (χ4n) is 1.62. The summed E-state index contributed by atoms with van der Waals surface area (Å²) in [5.74, 6) is -2.39. The van der Waals surface area contributed by atoms with Crippen molar-refractivity contribution >= 4 is 17.6 Å². The third-order valence-corrected chi connectivity index (χ3v) is 2.59. The molecule has 0 radical (unpaired) electrons. The van der Waals surface area contributed by atoms with Crippen molar-refractivity contribution in [3.8, 4) is 0 Å². The van der Waals surface area contributed by atoms with Crippen molar-refractivity contribution in [3.63, 3.8) is 0 Å². The Morgan fingerprint density at radius 3 is 2.12 bits per heavy atom. The molecule has 1 aromatic rings. The van der Waals surface area contributed by atoms with Crippen molar-refractivity contribution in [2.45, 2.75) is 25.9 Å². The average molecular weight is 236 g/mol. The number of anilines is 1. The van der Waals surface area contributed by atoms with Crippen LogP contribution < -0.4 is 10.0 Å². The van der Waals surface area contributed by atoms with E-state index in [1.165, 1.54) is 18.7 Å². The predicted molar refractivity (Wildman–Crippen MR) is 60.5 cm³/mol. The Balaban J connectivity index is 3.11. The van der Waals surface area contributed by atoms with Crippen LogP contribution in [0.25, 0.3) is 0 Å². The molecule has 0 aliphatic rings. The van der Waals surface area contributed by atoms with Gasteiger partial charge >= 0.3 is 5.97 Å². The number of para-hydroxylation sites is 1. The summed E-state index contributed by atoms with van der Waals surface area (Å²) in [6, 6.07) is 6.60. The van der Waals surface area contributed by atoms with E-state index in [2.05, 4.69) is 0 Å². The van der Waals surface area contributed by atoms with Crippen LogP contribution in [0.2, 0.25) is 0 Å². The Labute approximate surface area is 99.3 Å². The first-order valence-electron chi connectivity index (χ1n) is 5.22. The number of aliphatic carboxylic acids is 2. The molecule has 1 N–H and O–H groups in total. The van der Waals surface area contributed by atoms with Crippen molar-refractivity contribution in [2.75, 3.05) is 4.90 Å². The molecule has 0 spiro atoms. The van der Waals surface area contributed by atoms with E-state index < -0.39 is 24.0 Å². The lowest BCUT2D eigenvalue weighted by molar-refractivity contribution is -0.307. The maximum Gasteiger partial charge on any atom is 0.326 e. The van der Waals surface area contributed by atoms with Crippen molar-refractivity contribution in [2.24, 2.45) is 0 Å². The highest BCUT2D eigenvalue weighted by Gasteiger charge is 2.26. The van der Waals surface area contributed by atoms with Gasteiger partial charge < -0.3 is 19.9 Å². The summed E-state index contributed by atoms with van der Waals surface area (Å²) >= 11 is 0. The van der Waals surface area contributed by atoms with Gasteiger partial charge in [-0.1, -0.05) is 18.2 Å². The summed E-state index contributed by atoms with van der Waals surface area (Å²) in [5.41, 5.74) is 0.541.